The maximum atomic E-state index is 9.24. The zero-order chi connectivity index (χ0) is 49.4. The zero-order valence-corrected chi connectivity index (χ0v) is 26.1. The molecule has 8 aromatic carbocycles. The van der Waals surface area contributed by atoms with Gasteiger partial charge in [0.1, 0.15) is 11.2 Å². The van der Waals surface area contributed by atoms with Crippen molar-refractivity contribution in [1.29, 1.82) is 0 Å². The summed E-state index contributed by atoms with van der Waals surface area (Å²) in [4.78, 5) is 14.4. The monoisotopic (exact) mass is 669 g/mol. The second-order valence-corrected chi connectivity index (χ2v) is 11.5. The molecule has 10 rings (SSSR count). The van der Waals surface area contributed by atoms with Gasteiger partial charge in [-0.2, -0.15) is 0 Å². The molecule has 0 saturated heterocycles. The molecule has 10 aromatic rings. The van der Waals surface area contributed by atoms with Crippen molar-refractivity contribution in [3.8, 4) is 56.4 Å². The molecule has 2 aromatic heterocycles. The molecule has 0 saturated carbocycles. The van der Waals surface area contributed by atoms with Crippen LogP contribution in [0, 0.1) is 0 Å². The van der Waals surface area contributed by atoms with Crippen LogP contribution in [-0.2, 0) is 0 Å². The van der Waals surface area contributed by atoms with Crippen LogP contribution in [0.15, 0.2) is 180 Å². The Balaban J connectivity index is 1.23. The van der Waals surface area contributed by atoms with Crippen molar-refractivity contribution in [2.24, 2.45) is 0 Å². The first-order valence-electron chi connectivity index (χ1n) is 24.6. The van der Waals surface area contributed by atoms with E-state index in [0.29, 0.717) is 21.9 Å². The van der Waals surface area contributed by atoms with Crippen LogP contribution >= 0.6 is 0 Å². The predicted molar refractivity (Wildman–Crippen MR) is 209 cm³/mol. The van der Waals surface area contributed by atoms with E-state index < -0.39 is 90.6 Å². The van der Waals surface area contributed by atoms with Crippen molar-refractivity contribution in [2.75, 3.05) is 0 Å². The van der Waals surface area contributed by atoms with Crippen molar-refractivity contribution < 1.29 is 29.1 Å². The highest BCUT2D eigenvalue weighted by atomic mass is 16.3. The normalized spacial score (nSPS) is 16.5. The number of rotatable bonds is 5. The van der Waals surface area contributed by atoms with Gasteiger partial charge in [0.05, 0.1) is 24.7 Å². The van der Waals surface area contributed by atoms with Gasteiger partial charge in [-0.05, 0) is 74.1 Å². The summed E-state index contributed by atoms with van der Waals surface area (Å²) in [6, 6.07) is 8.88. The van der Waals surface area contributed by atoms with E-state index in [4.69, 9.17) is 42.7 Å². The molecule has 4 nitrogen and oxygen atoms in total. The van der Waals surface area contributed by atoms with E-state index in [2.05, 4.69) is 0 Å². The molecule has 0 spiro atoms. The molecule has 0 bridgehead atoms. The van der Waals surface area contributed by atoms with Gasteiger partial charge in [-0.15, -0.1) is 0 Å². The Labute approximate surface area is 319 Å². The number of hydrogen-bond acceptors (Lipinski definition) is 4. The van der Waals surface area contributed by atoms with E-state index >= 15 is 0 Å². The molecule has 51 heavy (non-hydrogen) atoms. The molecule has 0 aliphatic carbocycles. The maximum Gasteiger partial charge on any atom is 0.164 e. The Kier molecular flexibility index (Phi) is 3.78. The largest absolute Gasteiger partial charge is 0.456 e. The van der Waals surface area contributed by atoms with Crippen molar-refractivity contribution in [2.45, 2.75) is 0 Å². The van der Waals surface area contributed by atoms with E-state index in [-0.39, 0.29) is 96.1 Å². The van der Waals surface area contributed by atoms with Gasteiger partial charge in [-0.1, -0.05) is 145 Å². The lowest BCUT2D eigenvalue weighted by Gasteiger charge is -2.13. The fraction of sp³-hybridized carbons (Fsp3) is 0. The molecule has 0 N–H and O–H groups in total. The summed E-state index contributed by atoms with van der Waals surface area (Å²) >= 11 is 0. The Morgan fingerprint density at radius 1 is 0.392 bits per heavy atom. The lowest BCUT2D eigenvalue weighted by Crippen LogP contribution is -2.01. The average Bonchev–Trinajstić information content (AvgIpc) is 3.75. The molecule has 238 valence electrons. The fourth-order valence-electron chi connectivity index (χ4n) is 6.09. The summed E-state index contributed by atoms with van der Waals surface area (Å²) < 4.78 is 160. The molecule has 0 unspecified atom stereocenters. The predicted octanol–water partition coefficient (Wildman–Crippen LogP) is 12.4. The van der Waals surface area contributed by atoms with Gasteiger partial charge in [-0.3, -0.25) is 0 Å². The molecule has 0 radical (unpaired) electrons. The molecule has 0 aliphatic heterocycles. The van der Waals surface area contributed by atoms with Crippen molar-refractivity contribution in [3.63, 3.8) is 0 Å². The quantitative estimate of drug-likeness (QED) is 0.183. The number of hydrogen-bond donors (Lipinski definition) is 0. The molecule has 0 fully saturated rings. The van der Waals surface area contributed by atoms with Crippen LogP contribution in [0.2, 0.25) is 0 Å². The van der Waals surface area contributed by atoms with Crippen LogP contribution in [0.5, 0.6) is 0 Å². The van der Waals surface area contributed by atoms with Crippen LogP contribution < -0.4 is 0 Å². The highest BCUT2D eigenvalue weighted by Crippen LogP contribution is 2.38. The van der Waals surface area contributed by atoms with Gasteiger partial charge >= 0.3 is 0 Å². The Morgan fingerprint density at radius 2 is 1.04 bits per heavy atom. The first kappa shape index (κ1) is 16.2. The van der Waals surface area contributed by atoms with Crippen LogP contribution in [0.25, 0.3) is 99.9 Å². The first-order chi connectivity index (χ1) is 32.7. The van der Waals surface area contributed by atoms with Crippen molar-refractivity contribution in [3.05, 3.63) is 175 Å². The number of furan rings is 1. The number of aromatic nitrogens is 3. The van der Waals surface area contributed by atoms with Crippen LogP contribution in [0.1, 0.15) is 24.7 Å². The summed E-state index contributed by atoms with van der Waals surface area (Å²) in [6.07, 6.45) is 0. The summed E-state index contributed by atoms with van der Waals surface area (Å²) in [5.41, 5.74) is 0.373. The van der Waals surface area contributed by atoms with E-state index in [1.807, 2.05) is 0 Å². The smallest absolute Gasteiger partial charge is 0.164 e. The minimum atomic E-state index is -0.628. The van der Waals surface area contributed by atoms with E-state index in [9.17, 15) is 1.37 Å². The minimum Gasteiger partial charge on any atom is -0.456 e. The molecule has 0 aliphatic rings. The zero-order valence-electron chi connectivity index (χ0n) is 44.1. The van der Waals surface area contributed by atoms with Crippen LogP contribution in [-0.4, -0.2) is 15.0 Å². The standard InChI is InChI=1S/C47H29N3O/c1-2-12-31(13-3-1)38-15-6-7-16-39(38)46-48-45(49-47(50-46)41-18-10-20-43-44(41)40-17-8-9-19-42(40)51-43)37-26-25-35-28-34(23-24-36(35)29-37)33-22-21-30-11-4-5-14-32(30)27-33/h1-29H/i1D,2D,3D,4D,5D,8D,9D,10D,11D,12D,13D,14D,17D,18D,19D,20D,21D,22D. The van der Waals surface area contributed by atoms with Crippen molar-refractivity contribution >= 4 is 43.5 Å². The van der Waals surface area contributed by atoms with Gasteiger partial charge in [0.25, 0.3) is 0 Å². The maximum absolute atomic E-state index is 9.24. The SMILES string of the molecule is [2H]c1c([2H])c([2H])c(-c2ccccc2-c2nc(-c3ccc4cc(-c5cc6c([2H])c([2H])c([2H])c([2H])c6c([2H])c5[2H])ccc4c3)nc(-c3c([2H])c([2H])c([2H])c4oc5c([2H])c([2H])c([2H])c([2H])c5c34)n2)c([2H])c1[2H]. The molecular formula is C47H29N3O. The van der Waals surface area contributed by atoms with Gasteiger partial charge in [0.2, 0.25) is 0 Å². The topological polar surface area (TPSA) is 51.8 Å². The molecule has 0 amide bonds. The van der Waals surface area contributed by atoms with E-state index in [1.165, 1.54) is 12.1 Å². The number of nitrogens with zero attached hydrogens (tertiary/aromatic N) is 3. The van der Waals surface area contributed by atoms with Crippen molar-refractivity contribution in [1.82, 2.24) is 15.0 Å². The molecule has 0 atom stereocenters. The molecule has 4 heteroatoms. The van der Waals surface area contributed by atoms with E-state index in [0.717, 1.165) is 0 Å². The Bertz CT molecular complexity index is 3940. The average molecular weight is 670 g/mol. The number of para-hydroxylation sites is 1. The fourth-order valence-corrected chi connectivity index (χ4v) is 6.09. The van der Waals surface area contributed by atoms with E-state index in [1.54, 1.807) is 54.6 Å². The number of benzene rings is 8. The van der Waals surface area contributed by atoms with Crippen LogP contribution in [0.3, 0.4) is 0 Å². The third-order valence-corrected chi connectivity index (χ3v) is 8.48. The van der Waals surface area contributed by atoms with Gasteiger partial charge in [0, 0.05) is 27.5 Å². The highest BCUT2D eigenvalue weighted by Gasteiger charge is 2.19. The Hall–Kier alpha value is -6.91. The number of fused-ring (bicyclic) bond motifs is 5. The first-order valence-corrected chi connectivity index (χ1v) is 15.6. The third-order valence-electron chi connectivity index (χ3n) is 8.48. The van der Waals surface area contributed by atoms with Crippen LogP contribution in [0.4, 0.5) is 0 Å². The van der Waals surface area contributed by atoms with Gasteiger partial charge in [-0.25, -0.2) is 15.0 Å². The van der Waals surface area contributed by atoms with Gasteiger partial charge < -0.3 is 4.42 Å². The molecule has 2 heterocycles. The van der Waals surface area contributed by atoms with Gasteiger partial charge in [0.15, 0.2) is 17.5 Å². The summed E-state index contributed by atoms with van der Waals surface area (Å²) in [5.74, 6) is -0.444. The Morgan fingerprint density at radius 3 is 1.90 bits per heavy atom. The summed E-state index contributed by atoms with van der Waals surface area (Å²) in [5, 5.41) is 0.964. The third kappa shape index (κ3) is 5.13. The lowest BCUT2D eigenvalue weighted by atomic mass is 9.97. The lowest BCUT2D eigenvalue weighted by molar-refractivity contribution is 0.669. The minimum absolute atomic E-state index is 0.0310. The second-order valence-electron chi connectivity index (χ2n) is 11.5. The summed E-state index contributed by atoms with van der Waals surface area (Å²) in [6.45, 7) is 0. The highest BCUT2D eigenvalue weighted by molar-refractivity contribution is 6.11. The molecular weight excluding hydrogens is 623 g/mol. The second kappa shape index (κ2) is 11.9. The summed E-state index contributed by atoms with van der Waals surface area (Å²) in [7, 11) is 0.